The summed E-state index contributed by atoms with van der Waals surface area (Å²) < 4.78 is 13.4. The van der Waals surface area contributed by atoms with Crippen LogP contribution in [-0.2, 0) is 4.79 Å². The molecule has 1 unspecified atom stereocenters. The number of nitrogens with one attached hydrogen (secondary N) is 2. The Balaban J connectivity index is 1.64. The Hall–Kier alpha value is -3.81. The second-order valence-electron chi connectivity index (χ2n) is 8.74. The Labute approximate surface area is 206 Å². The van der Waals surface area contributed by atoms with Crippen molar-refractivity contribution in [1.82, 2.24) is 14.8 Å². The van der Waals surface area contributed by atoms with Gasteiger partial charge in [0.1, 0.15) is 12.4 Å². The molecule has 1 atom stereocenters. The minimum Gasteiger partial charge on any atom is -0.493 e. The lowest BCUT2D eigenvalue weighted by Gasteiger charge is -2.29. The molecule has 0 aliphatic carbocycles. The van der Waals surface area contributed by atoms with Crippen molar-refractivity contribution in [1.29, 1.82) is 0 Å². The normalized spacial score (nSPS) is 14.8. The van der Waals surface area contributed by atoms with Crippen LogP contribution in [0.1, 0.15) is 56.7 Å². The van der Waals surface area contributed by atoms with Crippen LogP contribution in [0.25, 0.3) is 0 Å². The summed E-state index contributed by atoms with van der Waals surface area (Å²) in [4.78, 5) is 17.8. The first-order valence-corrected chi connectivity index (χ1v) is 12.1. The maximum atomic E-state index is 13.5. The van der Waals surface area contributed by atoms with Crippen LogP contribution in [0.3, 0.4) is 0 Å². The maximum Gasteiger partial charge on any atom is 0.255 e. The Morgan fingerprint density at radius 1 is 1.11 bits per heavy atom. The number of hydrogen-bond acceptors (Lipinski definition) is 6. The molecule has 0 spiro atoms. The zero-order valence-electron chi connectivity index (χ0n) is 20.8. The van der Waals surface area contributed by atoms with Gasteiger partial charge in [-0.15, -0.1) is 0 Å². The zero-order chi connectivity index (χ0) is 24.8. The summed E-state index contributed by atoms with van der Waals surface area (Å²) in [6.45, 7) is 6.70. The van der Waals surface area contributed by atoms with E-state index in [0.717, 1.165) is 35.4 Å². The maximum absolute atomic E-state index is 13.5. The van der Waals surface area contributed by atoms with E-state index in [2.05, 4.69) is 27.6 Å². The largest absolute Gasteiger partial charge is 0.493 e. The summed E-state index contributed by atoms with van der Waals surface area (Å²) in [5.74, 6) is 1.68. The number of hydrogen-bond donors (Lipinski definition) is 2. The Bertz CT molecular complexity index is 1220. The smallest absolute Gasteiger partial charge is 0.255 e. The molecule has 8 heteroatoms. The summed E-state index contributed by atoms with van der Waals surface area (Å²) in [5, 5.41) is 10.7. The average molecular weight is 476 g/mol. The third-order valence-electron chi connectivity index (χ3n) is 6.07. The van der Waals surface area contributed by atoms with Gasteiger partial charge in [-0.05, 0) is 55.7 Å². The van der Waals surface area contributed by atoms with Crippen LogP contribution in [0, 0.1) is 6.92 Å². The number of aromatic nitrogens is 3. The van der Waals surface area contributed by atoms with E-state index in [1.165, 1.54) is 19.2 Å². The van der Waals surface area contributed by atoms with Crippen molar-refractivity contribution in [3.05, 3.63) is 71.2 Å². The van der Waals surface area contributed by atoms with Crippen LogP contribution in [-0.4, -0.2) is 34.4 Å². The molecule has 0 fully saturated rings. The number of carbonyl (C=O) groups is 1. The van der Waals surface area contributed by atoms with E-state index < -0.39 is 6.04 Å². The molecule has 2 N–H and O–H groups in total. The molecule has 2 heterocycles. The average Bonchev–Trinajstić information content (AvgIpc) is 3.31. The van der Waals surface area contributed by atoms with Crippen LogP contribution < -0.4 is 20.1 Å². The zero-order valence-corrected chi connectivity index (χ0v) is 20.8. The summed E-state index contributed by atoms with van der Waals surface area (Å²) in [6, 6.07) is 13.0. The number of anilines is 2. The molecule has 3 aromatic rings. The van der Waals surface area contributed by atoms with Crippen molar-refractivity contribution in [3.63, 3.8) is 0 Å². The standard InChI is InChI=1S/C27H33N5O3/c1-5-6-7-8-14-35-22-13-12-20(16-23(22)34-4)25-24(19(3)30-27-28-17-29-32(25)27)26(33)31-21-11-9-10-18(2)15-21/h9-13,15-17,25H,5-8,14H2,1-4H3,(H,31,33)(H,28,29,30). The predicted molar refractivity (Wildman–Crippen MR) is 137 cm³/mol. The van der Waals surface area contributed by atoms with Gasteiger partial charge < -0.3 is 20.1 Å². The molecule has 1 aromatic heterocycles. The van der Waals surface area contributed by atoms with Gasteiger partial charge in [0.2, 0.25) is 5.95 Å². The van der Waals surface area contributed by atoms with Crippen LogP contribution in [0.5, 0.6) is 11.5 Å². The van der Waals surface area contributed by atoms with Crippen molar-refractivity contribution in [3.8, 4) is 11.5 Å². The molecule has 184 valence electrons. The number of fused-ring (bicyclic) bond motifs is 1. The van der Waals surface area contributed by atoms with Gasteiger partial charge in [-0.2, -0.15) is 10.1 Å². The summed E-state index contributed by atoms with van der Waals surface area (Å²) in [7, 11) is 1.62. The lowest BCUT2D eigenvalue weighted by Crippen LogP contribution is -2.31. The van der Waals surface area contributed by atoms with Crippen molar-refractivity contribution >= 4 is 17.5 Å². The van der Waals surface area contributed by atoms with E-state index in [0.29, 0.717) is 29.6 Å². The van der Waals surface area contributed by atoms with Crippen molar-refractivity contribution in [2.24, 2.45) is 0 Å². The molecule has 1 aliphatic rings. The molecular formula is C27H33N5O3. The van der Waals surface area contributed by atoms with Crippen LogP contribution in [0.15, 0.2) is 60.1 Å². The third-order valence-corrected chi connectivity index (χ3v) is 6.07. The van der Waals surface area contributed by atoms with Crippen LogP contribution in [0.2, 0.25) is 0 Å². The molecule has 35 heavy (non-hydrogen) atoms. The summed E-state index contributed by atoms with van der Waals surface area (Å²) in [6.07, 6.45) is 6.01. The summed E-state index contributed by atoms with van der Waals surface area (Å²) >= 11 is 0. The fraction of sp³-hybridized carbons (Fsp3) is 0.370. The number of aryl methyl sites for hydroxylation is 1. The first-order valence-electron chi connectivity index (χ1n) is 12.1. The van der Waals surface area contributed by atoms with Crippen LogP contribution in [0.4, 0.5) is 11.6 Å². The monoisotopic (exact) mass is 475 g/mol. The van der Waals surface area contributed by atoms with E-state index in [9.17, 15) is 4.79 Å². The molecule has 1 amide bonds. The van der Waals surface area contributed by atoms with E-state index >= 15 is 0 Å². The first-order chi connectivity index (χ1) is 17.0. The van der Waals surface area contributed by atoms with Gasteiger partial charge in [-0.1, -0.05) is 44.4 Å². The molecule has 0 saturated heterocycles. The highest BCUT2D eigenvalue weighted by atomic mass is 16.5. The molecule has 2 aromatic carbocycles. The lowest BCUT2D eigenvalue weighted by atomic mass is 9.94. The number of benzene rings is 2. The van der Waals surface area contributed by atoms with Crippen molar-refractivity contribution < 1.29 is 14.3 Å². The number of carbonyl (C=O) groups excluding carboxylic acids is 1. The van der Waals surface area contributed by atoms with Gasteiger partial charge >= 0.3 is 0 Å². The van der Waals surface area contributed by atoms with Gasteiger partial charge in [-0.3, -0.25) is 4.79 Å². The number of amides is 1. The number of ether oxygens (including phenoxy) is 2. The lowest BCUT2D eigenvalue weighted by molar-refractivity contribution is -0.113. The molecular weight excluding hydrogens is 442 g/mol. The number of methoxy groups -OCH3 is 1. The Morgan fingerprint density at radius 2 is 1.97 bits per heavy atom. The molecule has 8 nitrogen and oxygen atoms in total. The van der Waals surface area contributed by atoms with E-state index in [1.54, 1.807) is 11.8 Å². The number of nitrogens with zero attached hydrogens (tertiary/aromatic N) is 3. The fourth-order valence-electron chi connectivity index (χ4n) is 4.30. The number of unbranched alkanes of at least 4 members (excludes halogenated alkanes) is 3. The van der Waals surface area contributed by atoms with E-state index in [4.69, 9.17) is 9.47 Å². The molecule has 4 rings (SSSR count). The topological polar surface area (TPSA) is 90.3 Å². The van der Waals surface area contributed by atoms with Gasteiger partial charge in [0.15, 0.2) is 11.5 Å². The van der Waals surface area contributed by atoms with Crippen molar-refractivity contribution in [2.45, 2.75) is 52.5 Å². The summed E-state index contributed by atoms with van der Waals surface area (Å²) in [5.41, 5.74) is 3.93. The fourth-order valence-corrected chi connectivity index (χ4v) is 4.30. The highest BCUT2D eigenvalue weighted by molar-refractivity contribution is 6.06. The third kappa shape index (κ3) is 5.48. The number of allylic oxidation sites excluding steroid dienone is 1. The first kappa shape index (κ1) is 24.3. The second kappa shape index (κ2) is 11.1. The minimum absolute atomic E-state index is 0.207. The molecule has 0 bridgehead atoms. The number of rotatable bonds is 10. The van der Waals surface area contributed by atoms with Gasteiger partial charge in [-0.25, -0.2) is 4.68 Å². The minimum atomic E-state index is -0.480. The molecule has 0 radical (unpaired) electrons. The highest BCUT2D eigenvalue weighted by Gasteiger charge is 2.34. The SMILES string of the molecule is CCCCCCOc1ccc(C2C(C(=O)Nc3cccc(C)c3)=C(C)Nc3ncnn32)cc1OC. The predicted octanol–water partition coefficient (Wildman–Crippen LogP) is 5.48. The molecule has 1 aliphatic heterocycles. The molecule has 0 saturated carbocycles. The van der Waals surface area contributed by atoms with E-state index in [1.807, 2.05) is 56.3 Å². The van der Waals surface area contributed by atoms with Crippen LogP contribution >= 0.6 is 0 Å². The second-order valence-corrected chi connectivity index (χ2v) is 8.74. The highest BCUT2D eigenvalue weighted by Crippen LogP contribution is 2.39. The van der Waals surface area contributed by atoms with Gasteiger partial charge in [0, 0.05) is 11.4 Å². The van der Waals surface area contributed by atoms with E-state index in [-0.39, 0.29) is 5.91 Å². The van der Waals surface area contributed by atoms with Gasteiger partial charge in [0.25, 0.3) is 5.91 Å². The van der Waals surface area contributed by atoms with Crippen molar-refractivity contribution in [2.75, 3.05) is 24.4 Å². The van der Waals surface area contributed by atoms with Gasteiger partial charge in [0.05, 0.1) is 19.3 Å². The Morgan fingerprint density at radius 3 is 2.74 bits per heavy atom. The quantitative estimate of drug-likeness (QED) is 0.377. The Kier molecular flexibility index (Phi) is 7.70.